The first-order valence-corrected chi connectivity index (χ1v) is 8.69. The van der Waals surface area contributed by atoms with Crippen molar-refractivity contribution in [2.75, 3.05) is 19.7 Å². The number of carbonyl (C=O) groups excluding carboxylic acids is 3. The van der Waals surface area contributed by atoms with Crippen LogP contribution in [0.5, 0.6) is 0 Å². The lowest BCUT2D eigenvalue weighted by atomic mass is 9.94. The first-order valence-electron chi connectivity index (χ1n) is 8.69. The summed E-state index contributed by atoms with van der Waals surface area (Å²) in [5.41, 5.74) is 1.53. The van der Waals surface area contributed by atoms with Crippen LogP contribution in [0.1, 0.15) is 35.7 Å². The Balaban J connectivity index is 1.52. The number of amides is 3. The number of hydrogen-bond donors (Lipinski definition) is 2. The summed E-state index contributed by atoms with van der Waals surface area (Å²) < 4.78 is 4.99. The van der Waals surface area contributed by atoms with E-state index in [0.29, 0.717) is 44.5 Å². The van der Waals surface area contributed by atoms with Gasteiger partial charge < -0.3 is 20.3 Å². The average Bonchev–Trinajstić information content (AvgIpc) is 2.62. The molecule has 1 fully saturated rings. The molecule has 7 heteroatoms. The molecular weight excluding hydrogens is 322 g/mol. The van der Waals surface area contributed by atoms with E-state index in [2.05, 4.69) is 10.6 Å². The number of fused-ring (bicyclic) bond motifs is 1. The van der Waals surface area contributed by atoms with Gasteiger partial charge in [-0.15, -0.1) is 0 Å². The molecule has 134 valence electrons. The van der Waals surface area contributed by atoms with Crippen LogP contribution in [0.15, 0.2) is 24.3 Å². The number of carbonyl (C=O) groups is 3. The predicted octanol–water partition coefficient (Wildman–Crippen LogP) is 1.08. The molecule has 1 aromatic rings. The topological polar surface area (TPSA) is 87.7 Å². The van der Waals surface area contributed by atoms with Gasteiger partial charge in [-0.1, -0.05) is 18.2 Å². The summed E-state index contributed by atoms with van der Waals surface area (Å²) in [6.07, 6.45) is 1.56. The maximum absolute atomic E-state index is 12.5. The summed E-state index contributed by atoms with van der Waals surface area (Å²) in [6, 6.07) is 6.79. The number of benzene rings is 1. The molecule has 2 aliphatic rings. The maximum atomic E-state index is 12.5. The number of nitrogens with zero attached hydrogens (tertiary/aromatic N) is 1. The van der Waals surface area contributed by atoms with Crippen LogP contribution in [-0.2, 0) is 16.0 Å². The van der Waals surface area contributed by atoms with Gasteiger partial charge in [0.1, 0.15) is 6.04 Å². The molecule has 3 amide bonds. The second-order valence-corrected chi connectivity index (χ2v) is 6.36. The molecule has 1 saturated heterocycles. The van der Waals surface area contributed by atoms with E-state index in [4.69, 9.17) is 4.74 Å². The van der Waals surface area contributed by atoms with Crippen molar-refractivity contribution in [2.45, 2.75) is 38.3 Å². The van der Waals surface area contributed by atoms with Crippen molar-refractivity contribution in [1.29, 1.82) is 0 Å². The van der Waals surface area contributed by atoms with Gasteiger partial charge in [0.05, 0.1) is 6.61 Å². The van der Waals surface area contributed by atoms with Crippen LogP contribution in [0.4, 0.5) is 4.79 Å². The molecule has 3 rings (SSSR count). The Kier molecular flexibility index (Phi) is 5.21. The fourth-order valence-electron chi connectivity index (χ4n) is 3.31. The van der Waals surface area contributed by atoms with E-state index in [0.717, 1.165) is 5.56 Å². The zero-order valence-electron chi connectivity index (χ0n) is 14.3. The molecule has 0 spiro atoms. The van der Waals surface area contributed by atoms with Crippen LogP contribution in [0.2, 0.25) is 0 Å². The van der Waals surface area contributed by atoms with E-state index in [-0.39, 0.29) is 23.9 Å². The van der Waals surface area contributed by atoms with E-state index >= 15 is 0 Å². The quantitative estimate of drug-likeness (QED) is 0.858. The Morgan fingerprint density at radius 3 is 2.72 bits per heavy atom. The molecule has 25 heavy (non-hydrogen) atoms. The van der Waals surface area contributed by atoms with Crippen molar-refractivity contribution < 1.29 is 19.1 Å². The van der Waals surface area contributed by atoms with Crippen molar-refractivity contribution in [3.8, 4) is 0 Å². The molecule has 0 saturated carbocycles. The van der Waals surface area contributed by atoms with Crippen molar-refractivity contribution in [1.82, 2.24) is 15.5 Å². The van der Waals surface area contributed by atoms with Crippen LogP contribution >= 0.6 is 0 Å². The van der Waals surface area contributed by atoms with Crippen molar-refractivity contribution in [2.24, 2.45) is 0 Å². The maximum Gasteiger partial charge on any atom is 0.409 e. The third-order valence-corrected chi connectivity index (χ3v) is 4.68. The fourth-order valence-corrected chi connectivity index (χ4v) is 3.31. The van der Waals surface area contributed by atoms with E-state index in [1.807, 2.05) is 18.2 Å². The zero-order chi connectivity index (χ0) is 17.8. The third-order valence-electron chi connectivity index (χ3n) is 4.68. The monoisotopic (exact) mass is 345 g/mol. The summed E-state index contributed by atoms with van der Waals surface area (Å²) in [7, 11) is 0. The van der Waals surface area contributed by atoms with E-state index in [1.165, 1.54) is 0 Å². The molecule has 2 N–H and O–H groups in total. The Labute approximate surface area is 146 Å². The predicted molar refractivity (Wildman–Crippen MR) is 91.2 cm³/mol. The molecule has 1 aromatic carbocycles. The number of nitrogens with one attached hydrogen (secondary N) is 2. The lowest BCUT2D eigenvalue weighted by molar-refractivity contribution is -0.124. The molecule has 0 bridgehead atoms. The van der Waals surface area contributed by atoms with Crippen molar-refractivity contribution >= 4 is 17.9 Å². The largest absolute Gasteiger partial charge is 0.450 e. The van der Waals surface area contributed by atoms with E-state index in [1.54, 1.807) is 17.9 Å². The number of ether oxygens (including phenoxy) is 1. The second kappa shape index (κ2) is 7.55. The van der Waals surface area contributed by atoms with Gasteiger partial charge in [0, 0.05) is 31.1 Å². The standard InChI is InChI=1S/C18H23N3O4/c1-2-25-18(24)21-9-7-13(8-10-21)19-17(23)15-11-12-5-3-4-6-14(12)16(22)20-15/h3-6,13,15H,2,7-11H2,1H3,(H,19,23)(H,20,22). The second-order valence-electron chi connectivity index (χ2n) is 6.36. The highest BCUT2D eigenvalue weighted by Gasteiger charge is 2.31. The van der Waals surface area contributed by atoms with Crippen molar-refractivity contribution in [3.05, 3.63) is 35.4 Å². The van der Waals surface area contributed by atoms with Gasteiger partial charge in [0.25, 0.3) is 5.91 Å². The number of rotatable bonds is 3. The normalized spacial score (nSPS) is 20.4. The molecule has 7 nitrogen and oxygen atoms in total. The highest BCUT2D eigenvalue weighted by molar-refractivity contribution is 6.00. The fraction of sp³-hybridized carbons (Fsp3) is 0.500. The number of hydrogen-bond acceptors (Lipinski definition) is 4. The Morgan fingerprint density at radius 1 is 1.28 bits per heavy atom. The zero-order valence-corrected chi connectivity index (χ0v) is 14.3. The van der Waals surface area contributed by atoms with Gasteiger partial charge in [0.15, 0.2) is 0 Å². The summed E-state index contributed by atoms with van der Waals surface area (Å²) in [5, 5.41) is 5.77. The van der Waals surface area contributed by atoms with Gasteiger partial charge >= 0.3 is 6.09 Å². The van der Waals surface area contributed by atoms with Crippen LogP contribution < -0.4 is 10.6 Å². The van der Waals surface area contributed by atoms with Gasteiger partial charge in [-0.2, -0.15) is 0 Å². The molecule has 2 heterocycles. The molecule has 0 aromatic heterocycles. The van der Waals surface area contributed by atoms with Gasteiger partial charge in [0.2, 0.25) is 5.91 Å². The highest BCUT2D eigenvalue weighted by Crippen LogP contribution is 2.17. The molecule has 1 unspecified atom stereocenters. The van der Waals surface area contributed by atoms with Crippen LogP contribution in [0.3, 0.4) is 0 Å². The Bertz CT molecular complexity index is 668. The van der Waals surface area contributed by atoms with Crippen LogP contribution in [0, 0.1) is 0 Å². The lowest BCUT2D eigenvalue weighted by Crippen LogP contribution is -2.55. The first kappa shape index (κ1) is 17.3. The molecular formula is C18H23N3O4. The smallest absolute Gasteiger partial charge is 0.409 e. The lowest BCUT2D eigenvalue weighted by Gasteiger charge is -2.33. The molecule has 0 radical (unpaired) electrons. The molecule has 0 aliphatic carbocycles. The number of piperidine rings is 1. The minimum absolute atomic E-state index is 0.00671. The molecule has 2 aliphatic heterocycles. The van der Waals surface area contributed by atoms with Gasteiger partial charge in [-0.3, -0.25) is 9.59 Å². The number of likely N-dealkylation sites (tertiary alicyclic amines) is 1. The minimum atomic E-state index is -0.550. The first-order chi connectivity index (χ1) is 12.1. The molecule has 1 atom stereocenters. The van der Waals surface area contributed by atoms with Crippen LogP contribution in [-0.4, -0.2) is 54.6 Å². The van der Waals surface area contributed by atoms with E-state index < -0.39 is 6.04 Å². The highest BCUT2D eigenvalue weighted by atomic mass is 16.6. The van der Waals surface area contributed by atoms with Crippen LogP contribution in [0.25, 0.3) is 0 Å². The summed E-state index contributed by atoms with van der Waals surface area (Å²) >= 11 is 0. The van der Waals surface area contributed by atoms with Gasteiger partial charge in [-0.05, 0) is 31.4 Å². The SMILES string of the molecule is CCOC(=O)N1CCC(NC(=O)C2Cc3ccccc3C(=O)N2)CC1. The van der Waals surface area contributed by atoms with Crippen molar-refractivity contribution in [3.63, 3.8) is 0 Å². The summed E-state index contributed by atoms with van der Waals surface area (Å²) in [4.78, 5) is 38.0. The summed E-state index contributed by atoms with van der Waals surface area (Å²) in [5.74, 6) is -0.378. The Hall–Kier alpha value is -2.57. The average molecular weight is 345 g/mol. The van der Waals surface area contributed by atoms with E-state index in [9.17, 15) is 14.4 Å². The Morgan fingerprint density at radius 2 is 2.00 bits per heavy atom. The summed E-state index contributed by atoms with van der Waals surface area (Å²) in [6.45, 7) is 3.26. The third kappa shape index (κ3) is 3.92. The minimum Gasteiger partial charge on any atom is -0.450 e. The van der Waals surface area contributed by atoms with Gasteiger partial charge in [-0.25, -0.2) is 4.79 Å².